The molecule has 0 fully saturated rings. The average molecular weight is 390 g/mol. The van der Waals surface area contributed by atoms with Crippen LogP contribution in [0.3, 0.4) is 0 Å². The molecule has 138 valence electrons. The molecule has 0 aliphatic carbocycles. The third kappa shape index (κ3) is 3.55. The fraction of sp³-hybridized carbons (Fsp3) is 0.167. The zero-order valence-corrected chi connectivity index (χ0v) is 14.5. The summed E-state index contributed by atoms with van der Waals surface area (Å²) in [5, 5.41) is 2.24. The van der Waals surface area contributed by atoms with Crippen molar-refractivity contribution in [1.82, 2.24) is 15.1 Å². The van der Waals surface area contributed by atoms with Crippen LogP contribution in [-0.4, -0.2) is 26.6 Å². The first-order valence-electron chi connectivity index (χ1n) is 7.98. The van der Waals surface area contributed by atoms with E-state index in [0.29, 0.717) is 27.8 Å². The third-order valence-corrected chi connectivity index (χ3v) is 5.47. The summed E-state index contributed by atoms with van der Waals surface area (Å²) < 4.78 is 45.9. The van der Waals surface area contributed by atoms with Gasteiger partial charge in [-0.05, 0) is 17.7 Å². The summed E-state index contributed by atoms with van der Waals surface area (Å²) in [4.78, 5) is 8.42. The number of nitrogen functional groups attached to an aromatic ring is 1. The van der Waals surface area contributed by atoms with Gasteiger partial charge in [-0.2, -0.15) is 18.2 Å². The monoisotopic (exact) mass is 390 g/mol. The van der Waals surface area contributed by atoms with Gasteiger partial charge in [0.15, 0.2) is 0 Å². The van der Waals surface area contributed by atoms with Gasteiger partial charge in [0.2, 0.25) is 5.82 Å². The van der Waals surface area contributed by atoms with Gasteiger partial charge in [0, 0.05) is 17.7 Å². The van der Waals surface area contributed by atoms with Crippen LogP contribution in [0.5, 0.6) is 0 Å². The number of rotatable bonds is 3. The van der Waals surface area contributed by atoms with Crippen molar-refractivity contribution >= 4 is 22.5 Å². The normalized spacial score (nSPS) is 19.9. The summed E-state index contributed by atoms with van der Waals surface area (Å²) >= 11 is 0.688. The molecule has 1 aliphatic heterocycles. The number of nitrogens with two attached hydrogens (primary N) is 1. The number of hydrogen-bond donors (Lipinski definition) is 1. The van der Waals surface area contributed by atoms with Crippen molar-refractivity contribution in [3.8, 4) is 11.4 Å². The van der Waals surface area contributed by atoms with E-state index >= 15 is 0 Å². The van der Waals surface area contributed by atoms with Crippen LogP contribution in [0.25, 0.3) is 16.3 Å². The molecule has 1 aromatic carbocycles. The molecule has 0 spiro atoms. The van der Waals surface area contributed by atoms with Crippen molar-refractivity contribution in [2.75, 3.05) is 5.73 Å². The summed E-state index contributed by atoms with van der Waals surface area (Å²) in [6, 6.07) is 11.8. The maximum absolute atomic E-state index is 13.6. The van der Waals surface area contributed by atoms with E-state index in [1.165, 1.54) is 12.3 Å². The number of benzene rings is 1. The van der Waals surface area contributed by atoms with Gasteiger partial charge in [-0.25, -0.2) is 4.98 Å². The number of aromatic nitrogens is 3. The molecule has 3 heterocycles. The molecule has 4 rings (SSSR count). The second-order valence-electron chi connectivity index (χ2n) is 5.94. The molecular weight excluding hydrogens is 377 g/mol. The molecular formula is C18H13F3N4OS. The molecule has 2 aromatic heterocycles. The van der Waals surface area contributed by atoms with Gasteiger partial charge >= 0.3 is 6.18 Å². The zero-order valence-electron chi connectivity index (χ0n) is 13.7. The van der Waals surface area contributed by atoms with Gasteiger partial charge in [0.25, 0.3) is 5.89 Å². The number of hydrogen-bond acceptors (Lipinski definition) is 6. The molecule has 0 radical (unpaired) electrons. The maximum atomic E-state index is 13.6. The highest BCUT2D eigenvalue weighted by atomic mass is 32.2. The van der Waals surface area contributed by atoms with E-state index < -0.39 is 17.3 Å². The molecule has 0 amide bonds. The van der Waals surface area contributed by atoms with Crippen LogP contribution in [0, 0.1) is 0 Å². The predicted octanol–water partition coefficient (Wildman–Crippen LogP) is 4.52. The third-order valence-electron chi connectivity index (χ3n) is 4.09. The molecule has 0 saturated carbocycles. The van der Waals surface area contributed by atoms with Crippen LogP contribution in [-0.2, 0) is 0 Å². The van der Waals surface area contributed by atoms with Gasteiger partial charge < -0.3 is 10.3 Å². The molecule has 3 aromatic rings. The van der Waals surface area contributed by atoms with Crippen molar-refractivity contribution in [3.05, 3.63) is 66.2 Å². The topological polar surface area (TPSA) is 77.8 Å². The number of allylic oxidation sites excluding steroid dienone is 1. The fourth-order valence-corrected chi connectivity index (χ4v) is 4.06. The van der Waals surface area contributed by atoms with E-state index in [1.54, 1.807) is 42.5 Å². The Morgan fingerprint density at radius 2 is 1.89 bits per heavy atom. The molecule has 2 atom stereocenters. The lowest BCUT2D eigenvalue weighted by atomic mass is 9.95. The Balaban J connectivity index is 1.68. The van der Waals surface area contributed by atoms with E-state index in [0.717, 1.165) is 0 Å². The van der Waals surface area contributed by atoms with Gasteiger partial charge in [0.1, 0.15) is 11.1 Å². The molecule has 27 heavy (non-hydrogen) atoms. The minimum atomic E-state index is -4.37. The highest BCUT2D eigenvalue weighted by molar-refractivity contribution is 8.09. The van der Waals surface area contributed by atoms with Crippen LogP contribution < -0.4 is 5.73 Å². The van der Waals surface area contributed by atoms with Crippen molar-refractivity contribution in [1.29, 1.82) is 0 Å². The first-order chi connectivity index (χ1) is 12.9. The SMILES string of the molecule is Nc1cc(-c2noc(C3=CC(c4ccccc4)C(C(F)(F)F)S3)n2)ccn1. The van der Waals surface area contributed by atoms with Crippen molar-refractivity contribution in [2.24, 2.45) is 0 Å². The molecule has 2 N–H and O–H groups in total. The second-order valence-corrected chi connectivity index (χ2v) is 7.12. The van der Waals surface area contributed by atoms with E-state index in [2.05, 4.69) is 15.1 Å². The minimum Gasteiger partial charge on any atom is -0.384 e. The summed E-state index contributed by atoms with van der Waals surface area (Å²) in [5.41, 5.74) is 6.80. The molecule has 0 bridgehead atoms. The van der Waals surface area contributed by atoms with Crippen molar-refractivity contribution in [2.45, 2.75) is 17.3 Å². The zero-order chi connectivity index (χ0) is 19.0. The first-order valence-corrected chi connectivity index (χ1v) is 8.86. The van der Waals surface area contributed by atoms with Crippen LogP contribution in [0.15, 0.2) is 59.3 Å². The van der Waals surface area contributed by atoms with Crippen molar-refractivity contribution < 1.29 is 17.7 Å². The molecule has 1 aliphatic rings. The van der Waals surface area contributed by atoms with Crippen LogP contribution in [0.2, 0.25) is 0 Å². The molecule has 5 nitrogen and oxygen atoms in total. The average Bonchev–Trinajstić information content (AvgIpc) is 3.29. The summed E-state index contributed by atoms with van der Waals surface area (Å²) in [6.45, 7) is 0. The quantitative estimate of drug-likeness (QED) is 0.709. The number of alkyl halides is 3. The van der Waals surface area contributed by atoms with Crippen LogP contribution in [0.4, 0.5) is 19.0 Å². The Morgan fingerprint density at radius 3 is 2.59 bits per heavy atom. The standard InChI is InChI=1S/C18H13F3N4OS/c19-18(20,21)15-12(10-4-2-1-3-5-10)9-13(27-15)17-24-16(25-26-17)11-6-7-23-14(22)8-11/h1-9,12,15H,(H2,22,23). The van der Waals surface area contributed by atoms with E-state index in [4.69, 9.17) is 10.3 Å². The minimum absolute atomic E-state index is 0.0538. The second kappa shape index (κ2) is 6.73. The summed E-state index contributed by atoms with van der Waals surface area (Å²) in [5.74, 6) is -0.238. The van der Waals surface area contributed by atoms with Crippen molar-refractivity contribution in [3.63, 3.8) is 0 Å². The highest BCUT2D eigenvalue weighted by Gasteiger charge is 2.49. The summed E-state index contributed by atoms with van der Waals surface area (Å²) in [7, 11) is 0. The molecule has 0 saturated heterocycles. The summed E-state index contributed by atoms with van der Waals surface area (Å²) in [6.07, 6.45) is -1.34. The molecule has 2 unspecified atom stereocenters. The van der Waals surface area contributed by atoms with Crippen LogP contribution >= 0.6 is 11.8 Å². The Kier molecular flexibility index (Phi) is 4.39. The van der Waals surface area contributed by atoms with E-state index in [1.807, 2.05) is 0 Å². The first kappa shape index (κ1) is 17.6. The van der Waals surface area contributed by atoms with Gasteiger partial charge in [-0.15, -0.1) is 11.8 Å². The Hall–Kier alpha value is -2.81. The number of nitrogens with zero attached hydrogens (tertiary/aromatic N) is 3. The Bertz CT molecular complexity index is 988. The van der Waals surface area contributed by atoms with Gasteiger partial charge in [0.05, 0.1) is 4.91 Å². The highest BCUT2D eigenvalue weighted by Crippen LogP contribution is 2.52. The van der Waals surface area contributed by atoms with E-state index in [-0.39, 0.29) is 17.5 Å². The van der Waals surface area contributed by atoms with Gasteiger partial charge in [-0.3, -0.25) is 0 Å². The fourth-order valence-electron chi connectivity index (χ4n) is 2.87. The Labute approximate surface area is 156 Å². The smallest absolute Gasteiger partial charge is 0.384 e. The lowest BCUT2D eigenvalue weighted by molar-refractivity contribution is -0.130. The largest absolute Gasteiger partial charge is 0.401 e. The van der Waals surface area contributed by atoms with Crippen LogP contribution in [0.1, 0.15) is 17.4 Å². The number of anilines is 1. The number of thioether (sulfide) groups is 1. The predicted molar refractivity (Wildman–Crippen MR) is 96.5 cm³/mol. The van der Waals surface area contributed by atoms with E-state index in [9.17, 15) is 13.2 Å². The number of pyridine rings is 1. The lowest BCUT2D eigenvalue weighted by Gasteiger charge is -2.21. The molecule has 9 heteroatoms. The van der Waals surface area contributed by atoms with Gasteiger partial charge in [-0.1, -0.05) is 41.6 Å². The Morgan fingerprint density at radius 1 is 1.11 bits per heavy atom. The maximum Gasteiger partial charge on any atom is 0.401 e. The number of halogens is 3. The lowest BCUT2D eigenvalue weighted by Crippen LogP contribution is -2.28.